The number of pyridine rings is 1. The average Bonchev–Trinajstić information content (AvgIpc) is 1.59. The second kappa shape index (κ2) is 2.54. The average molecular weight is 207 g/mol. The van der Waals surface area contributed by atoms with Gasteiger partial charge in [0.1, 0.15) is 5.02 Å². The van der Waals surface area contributed by atoms with Crippen molar-refractivity contribution in [2.24, 2.45) is 0 Å². The summed E-state index contributed by atoms with van der Waals surface area (Å²) < 4.78 is 1.08. The minimum absolute atomic E-state index is 0.399. The summed E-state index contributed by atoms with van der Waals surface area (Å²) in [5.41, 5.74) is 0. The van der Waals surface area contributed by atoms with E-state index in [9.17, 15) is 5.21 Å². The number of nitrogens with zero attached hydrogens (tertiary/aromatic N) is 1. The van der Waals surface area contributed by atoms with Crippen LogP contribution in [0, 0.1) is 11.4 Å². The SMILES string of the molecule is [O-][n+]1[c]c(Br)cc(Cl)c1. The van der Waals surface area contributed by atoms with Crippen molar-refractivity contribution in [1.29, 1.82) is 0 Å². The highest BCUT2D eigenvalue weighted by atomic mass is 79.9. The Kier molecular flexibility index (Phi) is 1.93. The Bertz CT molecular complexity index is 178. The van der Waals surface area contributed by atoms with E-state index in [2.05, 4.69) is 22.1 Å². The molecule has 4 heteroatoms. The summed E-state index contributed by atoms with van der Waals surface area (Å²) in [6, 6.07) is 1.59. The second-order valence-corrected chi connectivity index (χ2v) is 2.73. The highest BCUT2D eigenvalue weighted by molar-refractivity contribution is 9.10. The molecule has 47 valence electrons. The van der Waals surface area contributed by atoms with Crippen LogP contribution in [0.3, 0.4) is 0 Å². The zero-order chi connectivity index (χ0) is 6.85. The number of rotatable bonds is 0. The van der Waals surface area contributed by atoms with Crippen LogP contribution < -0.4 is 4.73 Å². The lowest BCUT2D eigenvalue weighted by atomic mass is 10.5. The van der Waals surface area contributed by atoms with Gasteiger partial charge >= 0.3 is 6.20 Å². The Morgan fingerprint density at radius 1 is 1.78 bits per heavy atom. The first kappa shape index (κ1) is 6.83. The molecular weight excluding hydrogens is 205 g/mol. The molecule has 0 bridgehead atoms. The monoisotopic (exact) mass is 206 g/mol. The topological polar surface area (TPSA) is 26.9 Å². The molecule has 0 saturated carbocycles. The van der Waals surface area contributed by atoms with Crippen LogP contribution in [-0.4, -0.2) is 0 Å². The smallest absolute Gasteiger partial charge is 0.305 e. The fourth-order valence-corrected chi connectivity index (χ4v) is 1.19. The van der Waals surface area contributed by atoms with Crippen LogP contribution in [0.4, 0.5) is 0 Å². The molecule has 0 aromatic carbocycles. The first-order valence-corrected chi connectivity index (χ1v) is 3.33. The van der Waals surface area contributed by atoms with Crippen molar-refractivity contribution in [3.63, 3.8) is 0 Å². The van der Waals surface area contributed by atoms with Crippen molar-refractivity contribution in [1.82, 2.24) is 0 Å². The van der Waals surface area contributed by atoms with Crippen LogP contribution in [0.2, 0.25) is 5.02 Å². The molecule has 0 spiro atoms. The normalized spacial score (nSPS) is 9.56. The van der Waals surface area contributed by atoms with E-state index in [1.54, 1.807) is 6.07 Å². The second-order valence-electron chi connectivity index (χ2n) is 1.44. The number of hydrogen-bond donors (Lipinski definition) is 0. The minimum atomic E-state index is 0.399. The molecule has 1 radical (unpaired) electrons. The van der Waals surface area contributed by atoms with E-state index < -0.39 is 0 Å². The summed E-state index contributed by atoms with van der Waals surface area (Å²) in [7, 11) is 0. The maximum absolute atomic E-state index is 10.5. The molecule has 0 amide bonds. The predicted molar refractivity (Wildman–Crippen MR) is 36.9 cm³/mol. The van der Waals surface area contributed by atoms with Crippen LogP contribution in [0.1, 0.15) is 0 Å². The molecule has 1 aromatic rings. The van der Waals surface area contributed by atoms with Crippen LogP contribution in [0.25, 0.3) is 0 Å². The van der Waals surface area contributed by atoms with E-state index in [1.807, 2.05) is 0 Å². The van der Waals surface area contributed by atoms with Crippen LogP contribution in [-0.2, 0) is 0 Å². The van der Waals surface area contributed by atoms with Crippen LogP contribution >= 0.6 is 27.5 Å². The van der Waals surface area contributed by atoms with Gasteiger partial charge in [-0.25, -0.2) is 0 Å². The van der Waals surface area contributed by atoms with Gasteiger partial charge in [-0.2, -0.15) is 4.73 Å². The number of hydrogen-bond acceptors (Lipinski definition) is 1. The number of halogens is 2. The van der Waals surface area contributed by atoms with Crippen molar-refractivity contribution in [3.8, 4) is 0 Å². The standard InChI is InChI=1S/C5H2BrClNO/c6-4-1-5(7)3-8(9)2-4/h1,3H. The lowest BCUT2D eigenvalue weighted by Crippen LogP contribution is -2.24. The van der Waals surface area contributed by atoms with Gasteiger partial charge in [0.05, 0.1) is 4.47 Å². The van der Waals surface area contributed by atoms with Gasteiger partial charge < -0.3 is 5.21 Å². The summed E-state index contributed by atoms with van der Waals surface area (Å²) in [6.07, 6.45) is 3.63. The van der Waals surface area contributed by atoms with Crippen molar-refractivity contribution in [2.75, 3.05) is 0 Å². The van der Waals surface area contributed by atoms with Gasteiger partial charge in [-0.15, -0.1) is 0 Å². The maximum Gasteiger partial charge on any atom is 0.305 e. The lowest BCUT2D eigenvalue weighted by Gasteiger charge is -1.92. The molecule has 0 aliphatic rings. The Morgan fingerprint density at radius 3 is 2.89 bits per heavy atom. The molecule has 0 aliphatic heterocycles. The van der Waals surface area contributed by atoms with E-state index >= 15 is 0 Å². The largest absolute Gasteiger partial charge is 0.618 e. The third-order valence-corrected chi connectivity index (χ3v) is 1.34. The quantitative estimate of drug-likeness (QED) is 0.468. The highest BCUT2D eigenvalue weighted by Gasteiger charge is 1.97. The van der Waals surface area contributed by atoms with Gasteiger partial charge in [0.15, 0.2) is 6.20 Å². The third-order valence-electron chi connectivity index (χ3n) is 0.722. The Morgan fingerprint density at radius 2 is 2.44 bits per heavy atom. The Hall–Kier alpha value is -0.280. The first-order chi connectivity index (χ1) is 4.18. The summed E-state index contributed by atoms with van der Waals surface area (Å²) in [5.74, 6) is 0. The number of aromatic nitrogens is 1. The van der Waals surface area contributed by atoms with Gasteiger partial charge in [-0.05, 0) is 22.0 Å². The molecule has 0 N–H and O–H groups in total. The summed E-state index contributed by atoms with van der Waals surface area (Å²) >= 11 is 8.53. The van der Waals surface area contributed by atoms with Gasteiger partial charge in [-0.1, -0.05) is 11.6 Å². The predicted octanol–water partition coefficient (Wildman–Crippen LogP) is 1.54. The zero-order valence-corrected chi connectivity index (χ0v) is 6.61. The molecule has 0 unspecified atom stereocenters. The summed E-state index contributed by atoms with van der Waals surface area (Å²) in [5, 5.41) is 10.9. The molecule has 1 heterocycles. The van der Waals surface area contributed by atoms with Gasteiger partial charge in [0, 0.05) is 0 Å². The minimum Gasteiger partial charge on any atom is -0.618 e. The zero-order valence-electron chi connectivity index (χ0n) is 4.27. The highest BCUT2D eigenvalue weighted by Crippen LogP contribution is 2.11. The molecule has 0 fully saturated rings. The van der Waals surface area contributed by atoms with Gasteiger partial charge in [-0.3, -0.25) is 0 Å². The van der Waals surface area contributed by atoms with Crippen molar-refractivity contribution in [2.45, 2.75) is 0 Å². The van der Waals surface area contributed by atoms with Crippen molar-refractivity contribution >= 4 is 27.5 Å². The van der Waals surface area contributed by atoms with Crippen molar-refractivity contribution < 1.29 is 4.73 Å². The first-order valence-electron chi connectivity index (χ1n) is 2.16. The molecule has 0 atom stereocenters. The lowest BCUT2D eigenvalue weighted by molar-refractivity contribution is -0.610. The van der Waals surface area contributed by atoms with Crippen molar-refractivity contribution in [3.05, 3.63) is 33.2 Å². The molecule has 1 aromatic heterocycles. The fourth-order valence-electron chi connectivity index (χ4n) is 0.440. The van der Waals surface area contributed by atoms with Gasteiger partial charge in [0.2, 0.25) is 0 Å². The maximum atomic E-state index is 10.5. The third kappa shape index (κ3) is 1.84. The fraction of sp³-hybridized carbons (Fsp3) is 0. The molecule has 9 heavy (non-hydrogen) atoms. The molecule has 0 saturated heterocycles. The van der Waals surface area contributed by atoms with E-state index in [1.165, 1.54) is 6.20 Å². The molecule has 0 aliphatic carbocycles. The molecular formula is C5H2BrClNO. The Balaban J connectivity index is 3.17. The Labute approximate surface area is 65.8 Å². The van der Waals surface area contributed by atoms with Crippen LogP contribution in [0.5, 0.6) is 0 Å². The van der Waals surface area contributed by atoms with Gasteiger partial charge in [0.25, 0.3) is 0 Å². The molecule has 1 rings (SSSR count). The summed E-state index contributed by atoms with van der Waals surface area (Å²) in [4.78, 5) is 0. The molecule has 2 nitrogen and oxygen atoms in total. The van der Waals surface area contributed by atoms with E-state index in [-0.39, 0.29) is 0 Å². The summed E-state index contributed by atoms with van der Waals surface area (Å²) in [6.45, 7) is 0. The van der Waals surface area contributed by atoms with E-state index in [0.717, 1.165) is 0 Å². The van der Waals surface area contributed by atoms with E-state index in [4.69, 9.17) is 11.6 Å². The van der Waals surface area contributed by atoms with Crippen LogP contribution in [0.15, 0.2) is 16.7 Å². The van der Waals surface area contributed by atoms with E-state index in [0.29, 0.717) is 14.2 Å².